The van der Waals surface area contributed by atoms with Crippen LogP contribution in [0.3, 0.4) is 0 Å². The van der Waals surface area contributed by atoms with Gasteiger partial charge in [-0.05, 0) is 37.3 Å². The first kappa shape index (κ1) is 18.4. The summed E-state index contributed by atoms with van der Waals surface area (Å²) < 4.78 is 10.1. The van der Waals surface area contributed by atoms with Gasteiger partial charge in [0, 0.05) is 17.7 Å². The first-order chi connectivity index (χ1) is 11.8. The van der Waals surface area contributed by atoms with Gasteiger partial charge in [0.2, 0.25) is 5.78 Å². The van der Waals surface area contributed by atoms with E-state index in [1.54, 1.807) is 24.3 Å². The Kier molecular flexibility index (Phi) is 5.71. The summed E-state index contributed by atoms with van der Waals surface area (Å²) in [6, 6.07) is 9.72. The number of ether oxygens (including phenoxy) is 2. The van der Waals surface area contributed by atoms with E-state index in [2.05, 4.69) is 0 Å². The number of Topliss-reactive ketones (excluding diaryl/α,β-unsaturated/α-hetero) is 1. The van der Waals surface area contributed by atoms with E-state index in [0.717, 1.165) is 6.07 Å². The number of carbonyl (C=O) groups excluding carboxylic acids is 2. The van der Waals surface area contributed by atoms with Crippen molar-refractivity contribution in [3.05, 3.63) is 68.7 Å². The standard InChI is InChI=1S/C17H14ClNO6/c1-10(16(20)11-3-6-13(24-2)7-4-11)25-17(21)14-9-12(19(22)23)5-8-15(14)18/h3-10H,1-2H3/t10-/m0/s1. The Morgan fingerprint density at radius 3 is 2.36 bits per heavy atom. The largest absolute Gasteiger partial charge is 0.497 e. The summed E-state index contributed by atoms with van der Waals surface area (Å²) in [4.78, 5) is 34.6. The molecule has 2 rings (SSSR count). The summed E-state index contributed by atoms with van der Waals surface area (Å²) in [5.74, 6) is -0.745. The maximum atomic E-state index is 12.3. The third-order valence-electron chi connectivity index (χ3n) is 3.41. The molecule has 0 aromatic heterocycles. The van der Waals surface area contributed by atoms with Crippen LogP contribution in [0.1, 0.15) is 27.6 Å². The predicted molar refractivity (Wildman–Crippen MR) is 90.3 cm³/mol. The van der Waals surface area contributed by atoms with Gasteiger partial charge in [-0.3, -0.25) is 14.9 Å². The van der Waals surface area contributed by atoms with Crippen LogP contribution in [-0.2, 0) is 4.74 Å². The minimum Gasteiger partial charge on any atom is -0.497 e. The summed E-state index contributed by atoms with van der Waals surface area (Å²) in [5, 5.41) is 10.8. The van der Waals surface area contributed by atoms with Gasteiger partial charge in [-0.25, -0.2) is 4.79 Å². The maximum Gasteiger partial charge on any atom is 0.340 e. The van der Waals surface area contributed by atoms with Crippen molar-refractivity contribution in [2.75, 3.05) is 7.11 Å². The molecule has 7 nitrogen and oxygen atoms in total. The van der Waals surface area contributed by atoms with Crippen LogP contribution in [0.15, 0.2) is 42.5 Å². The average Bonchev–Trinajstić information content (AvgIpc) is 2.61. The SMILES string of the molecule is COc1ccc(C(=O)[C@H](C)OC(=O)c2cc([N+](=O)[O-])ccc2Cl)cc1. The number of benzene rings is 2. The fourth-order valence-corrected chi connectivity index (χ4v) is 2.25. The van der Waals surface area contributed by atoms with Crippen molar-refractivity contribution in [2.45, 2.75) is 13.0 Å². The van der Waals surface area contributed by atoms with Gasteiger partial charge in [0.15, 0.2) is 6.10 Å². The number of nitro groups is 1. The Morgan fingerprint density at radius 1 is 1.16 bits per heavy atom. The Balaban J connectivity index is 2.15. The molecule has 0 saturated heterocycles. The van der Waals surface area contributed by atoms with Crippen LogP contribution in [0.5, 0.6) is 5.75 Å². The molecular formula is C17H14ClNO6. The van der Waals surface area contributed by atoms with Gasteiger partial charge in [0.1, 0.15) is 5.75 Å². The Hall–Kier alpha value is -2.93. The van der Waals surface area contributed by atoms with Crippen molar-refractivity contribution in [1.82, 2.24) is 0 Å². The number of non-ortho nitro benzene ring substituents is 1. The lowest BCUT2D eigenvalue weighted by Gasteiger charge is -2.13. The van der Waals surface area contributed by atoms with Gasteiger partial charge >= 0.3 is 5.97 Å². The lowest BCUT2D eigenvalue weighted by Crippen LogP contribution is -2.24. The van der Waals surface area contributed by atoms with Crippen LogP contribution >= 0.6 is 11.6 Å². The fraction of sp³-hybridized carbons (Fsp3) is 0.176. The minimum atomic E-state index is -1.09. The number of carbonyl (C=O) groups is 2. The second-order valence-corrected chi connectivity index (χ2v) is 5.47. The number of ketones is 1. The number of esters is 1. The molecule has 0 saturated carbocycles. The average molecular weight is 364 g/mol. The molecule has 0 radical (unpaired) electrons. The molecule has 0 aliphatic rings. The van der Waals surface area contributed by atoms with Crippen molar-refractivity contribution >= 4 is 29.0 Å². The molecule has 0 bridgehead atoms. The van der Waals surface area contributed by atoms with Crippen LogP contribution in [0.25, 0.3) is 0 Å². The van der Waals surface area contributed by atoms with E-state index in [1.807, 2.05) is 0 Å². The second kappa shape index (κ2) is 7.76. The normalized spacial score (nSPS) is 11.5. The third-order valence-corrected chi connectivity index (χ3v) is 3.74. The van der Waals surface area contributed by atoms with E-state index < -0.39 is 22.8 Å². The maximum absolute atomic E-state index is 12.3. The van der Waals surface area contributed by atoms with Gasteiger partial charge < -0.3 is 9.47 Å². The Bertz CT molecular complexity index is 818. The van der Waals surface area contributed by atoms with Gasteiger partial charge in [-0.15, -0.1) is 0 Å². The highest BCUT2D eigenvalue weighted by molar-refractivity contribution is 6.33. The predicted octanol–water partition coefficient (Wildman–Crippen LogP) is 3.69. The third kappa shape index (κ3) is 4.33. The second-order valence-electron chi connectivity index (χ2n) is 5.06. The number of halogens is 1. The number of nitro benzene ring substituents is 1. The molecule has 2 aromatic carbocycles. The lowest BCUT2D eigenvalue weighted by molar-refractivity contribution is -0.384. The molecule has 8 heteroatoms. The first-order valence-corrected chi connectivity index (χ1v) is 7.54. The molecule has 0 spiro atoms. The van der Waals surface area contributed by atoms with Crippen LogP contribution in [0.4, 0.5) is 5.69 Å². The zero-order valence-electron chi connectivity index (χ0n) is 13.4. The van der Waals surface area contributed by atoms with E-state index in [0.29, 0.717) is 11.3 Å². The molecule has 0 amide bonds. The zero-order chi connectivity index (χ0) is 18.6. The Labute approximate surface area is 148 Å². The summed E-state index contributed by atoms with van der Waals surface area (Å²) in [7, 11) is 1.50. The van der Waals surface area contributed by atoms with Crippen LogP contribution in [0.2, 0.25) is 5.02 Å². The quantitative estimate of drug-likeness (QED) is 0.336. The molecule has 2 aromatic rings. The van der Waals surface area contributed by atoms with Crippen LogP contribution < -0.4 is 4.74 Å². The topological polar surface area (TPSA) is 95.7 Å². The molecule has 0 heterocycles. The summed E-state index contributed by atoms with van der Waals surface area (Å²) in [5.41, 5.74) is -0.137. The van der Waals surface area contributed by atoms with Crippen molar-refractivity contribution in [3.8, 4) is 5.75 Å². The smallest absolute Gasteiger partial charge is 0.340 e. The molecule has 0 aliphatic heterocycles. The molecule has 130 valence electrons. The number of methoxy groups -OCH3 is 1. The molecule has 0 fully saturated rings. The van der Waals surface area contributed by atoms with E-state index >= 15 is 0 Å². The van der Waals surface area contributed by atoms with Gasteiger partial charge in [-0.2, -0.15) is 0 Å². The molecule has 0 unspecified atom stereocenters. The highest BCUT2D eigenvalue weighted by Crippen LogP contribution is 2.23. The number of rotatable bonds is 6. The monoisotopic (exact) mass is 363 g/mol. The van der Waals surface area contributed by atoms with E-state index in [1.165, 1.54) is 26.2 Å². The highest BCUT2D eigenvalue weighted by Gasteiger charge is 2.23. The van der Waals surface area contributed by atoms with Crippen LogP contribution in [0, 0.1) is 10.1 Å². The summed E-state index contributed by atoms with van der Waals surface area (Å²) in [6.07, 6.45) is -1.09. The molecular weight excluding hydrogens is 350 g/mol. The van der Waals surface area contributed by atoms with Crippen LogP contribution in [-0.4, -0.2) is 29.9 Å². The van der Waals surface area contributed by atoms with E-state index in [4.69, 9.17) is 21.1 Å². The Morgan fingerprint density at radius 2 is 1.80 bits per heavy atom. The number of hydrogen-bond donors (Lipinski definition) is 0. The van der Waals surface area contributed by atoms with Gasteiger partial charge in [-0.1, -0.05) is 11.6 Å². The van der Waals surface area contributed by atoms with Crippen molar-refractivity contribution in [2.24, 2.45) is 0 Å². The van der Waals surface area contributed by atoms with Crippen molar-refractivity contribution in [1.29, 1.82) is 0 Å². The number of nitrogens with zero attached hydrogens (tertiary/aromatic N) is 1. The molecule has 25 heavy (non-hydrogen) atoms. The lowest BCUT2D eigenvalue weighted by atomic mass is 10.1. The van der Waals surface area contributed by atoms with Gasteiger partial charge in [0.05, 0.1) is 22.6 Å². The summed E-state index contributed by atoms with van der Waals surface area (Å²) in [6.45, 7) is 1.41. The molecule has 1 atom stereocenters. The highest BCUT2D eigenvalue weighted by atomic mass is 35.5. The van der Waals surface area contributed by atoms with E-state index in [9.17, 15) is 19.7 Å². The van der Waals surface area contributed by atoms with E-state index in [-0.39, 0.29) is 16.3 Å². The fourth-order valence-electron chi connectivity index (χ4n) is 2.05. The van der Waals surface area contributed by atoms with Gasteiger partial charge in [0.25, 0.3) is 5.69 Å². The van der Waals surface area contributed by atoms with Crippen molar-refractivity contribution in [3.63, 3.8) is 0 Å². The van der Waals surface area contributed by atoms with Crippen molar-refractivity contribution < 1.29 is 24.0 Å². The molecule has 0 aliphatic carbocycles. The molecule has 0 N–H and O–H groups in total. The summed E-state index contributed by atoms with van der Waals surface area (Å²) >= 11 is 5.89. The zero-order valence-corrected chi connectivity index (χ0v) is 14.1. The first-order valence-electron chi connectivity index (χ1n) is 7.16. The number of hydrogen-bond acceptors (Lipinski definition) is 6. The minimum absolute atomic E-state index is 0.000281.